The zero-order chi connectivity index (χ0) is 10.7. The molecule has 1 N–H and O–H groups in total. The molecule has 1 aliphatic carbocycles. The van der Waals surface area contributed by atoms with Crippen molar-refractivity contribution in [3.05, 3.63) is 33.9 Å². The van der Waals surface area contributed by atoms with Crippen molar-refractivity contribution in [1.29, 1.82) is 0 Å². The van der Waals surface area contributed by atoms with Crippen LogP contribution in [-0.2, 0) is 31.4 Å². The van der Waals surface area contributed by atoms with E-state index in [9.17, 15) is 4.79 Å². The van der Waals surface area contributed by atoms with Crippen LogP contribution in [0.5, 0.6) is 0 Å². The van der Waals surface area contributed by atoms with E-state index >= 15 is 0 Å². The monoisotopic (exact) mass is 494 g/mol. The van der Waals surface area contributed by atoms with Crippen molar-refractivity contribution in [2.24, 2.45) is 0 Å². The third-order valence-corrected chi connectivity index (χ3v) is 2.60. The molecule has 6 heteroatoms. The first-order valence-corrected chi connectivity index (χ1v) is 5.40. The summed E-state index contributed by atoms with van der Waals surface area (Å²) in [4.78, 5) is 18.7. The predicted molar refractivity (Wildman–Crippen MR) is 59.4 cm³/mol. The van der Waals surface area contributed by atoms with Crippen LogP contribution in [0.2, 0.25) is 0 Å². The van der Waals surface area contributed by atoms with Gasteiger partial charge >= 0.3 is 0 Å². The second kappa shape index (κ2) is 8.42. The van der Waals surface area contributed by atoms with Crippen LogP contribution >= 0.6 is 0 Å². The SMILES string of the molecule is [CH2-]CC[N-]c1nc2c(c(=O)[nH]1)CCCC2.[U].[V]. The molecule has 1 aromatic rings. The van der Waals surface area contributed by atoms with Crippen LogP contribution in [0, 0.1) is 38.0 Å². The molecule has 0 saturated carbocycles. The number of nitrogens with zero attached hydrogens (tertiary/aromatic N) is 2. The summed E-state index contributed by atoms with van der Waals surface area (Å²) in [6.45, 7) is 4.31. The molecular weight excluding hydrogens is 479 g/mol. The first kappa shape index (κ1) is 17.3. The third kappa shape index (κ3) is 4.48. The van der Waals surface area contributed by atoms with E-state index in [-0.39, 0.29) is 55.2 Å². The number of aromatic nitrogens is 2. The summed E-state index contributed by atoms with van der Waals surface area (Å²) in [6, 6.07) is 0. The average Bonchev–Trinajstić information content (AvgIpc) is 2.26. The van der Waals surface area contributed by atoms with Gasteiger partial charge in [-0.15, -0.1) is 0 Å². The molecule has 0 fully saturated rings. The van der Waals surface area contributed by atoms with E-state index < -0.39 is 0 Å². The number of fused-ring (bicyclic) bond motifs is 1. The van der Waals surface area contributed by atoms with E-state index in [4.69, 9.17) is 0 Å². The van der Waals surface area contributed by atoms with Gasteiger partial charge in [-0.3, -0.25) is 4.79 Å². The van der Waals surface area contributed by atoms with Crippen LogP contribution in [0.25, 0.3) is 5.32 Å². The van der Waals surface area contributed by atoms with Crippen LogP contribution in [0.4, 0.5) is 5.95 Å². The van der Waals surface area contributed by atoms with E-state index in [1.807, 2.05) is 0 Å². The molecule has 1 aromatic heterocycles. The van der Waals surface area contributed by atoms with Crippen molar-refractivity contribution in [2.45, 2.75) is 32.1 Å². The molecule has 0 aromatic carbocycles. The number of aryl methyl sites for hydroxylation is 1. The van der Waals surface area contributed by atoms with Gasteiger partial charge < -0.3 is 22.2 Å². The molecule has 91 valence electrons. The predicted octanol–water partition coefficient (Wildman–Crippen LogP) is 1.88. The van der Waals surface area contributed by atoms with E-state index in [2.05, 4.69) is 22.2 Å². The maximum absolute atomic E-state index is 11.7. The quantitative estimate of drug-likeness (QED) is 0.653. The van der Waals surface area contributed by atoms with Gasteiger partial charge in [0.15, 0.2) is 5.56 Å². The minimum Gasteiger partial charge on any atom is -0.396 e. The van der Waals surface area contributed by atoms with Crippen molar-refractivity contribution in [3.8, 4) is 0 Å². The normalized spacial score (nSPS) is 13.0. The van der Waals surface area contributed by atoms with Crippen LogP contribution in [-0.4, -0.2) is 16.5 Å². The van der Waals surface area contributed by atoms with Gasteiger partial charge in [-0.2, -0.15) is 6.42 Å². The summed E-state index contributed by atoms with van der Waals surface area (Å²) in [5.41, 5.74) is 1.78. The fourth-order valence-corrected chi connectivity index (χ4v) is 1.85. The molecule has 0 bridgehead atoms. The van der Waals surface area contributed by atoms with Crippen LogP contribution < -0.4 is 5.56 Å². The Morgan fingerprint density at radius 3 is 2.76 bits per heavy atom. The third-order valence-electron chi connectivity index (χ3n) is 2.60. The largest absolute Gasteiger partial charge is 0.396 e. The van der Waals surface area contributed by atoms with E-state index in [1.165, 1.54) is 0 Å². The number of rotatable bonds is 3. The molecule has 1 aliphatic rings. The van der Waals surface area contributed by atoms with Gasteiger partial charge in [0.1, 0.15) is 0 Å². The van der Waals surface area contributed by atoms with Crippen molar-refractivity contribution in [3.63, 3.8) is 0 Å². The van der Waals surface area contributed by atoms with Gasteiger partial charge in [-0.05, 0) is 37.9 Å². The van der Waals surface area contributed by atoms with Gasteiger partial charge in [0.05, 0.1) is 0 Å². The first-order valence-electron chi connectivity index (χ1n) is 5.40. The standard InChI is InChI=1S/C11H16N3O.U.V/c1-2-7-12-11-13-9-6-4-3-5-8(9)10(15)14-11;;/h1-7H2,(H2,12,13,14,15);;/q-1;;/p-1. The second-order valence-electron chi connectivity index (χ2n) is 3.76. The molecule has 1 heterocycles. The smallest absolute Gasteiger partial charge is 0.198 e. The minimum atomic E-state index is -0.0116. The Labute approximate surface area is 137 Å². The zero-order valence-corrected chi connectivity index (χ0v) is 15.3. The molecule has 4 nitrogen and oxygen atoms in total. The summed E-state index contributed by atoms with van der Waals surface area (Å²) >= 11 is 0. The molecular formula is C11H15N3OUV-2. The zero-order valence-electron chi connectivity index (χ0n) is 9.70. The number of hydrogen-bond acceptors (Lipinski definition) is 2. The Hall–Kier alpha value is 0.316. The van der Waals surface area contributed by atoms with Crippen molar-refractivity contribution >= 4 is 5.95 Å². The summed E-state index contributed by atoms with van der Waals surface area (Å²) in [5, 5.41) is 4.16. The summed E-state index contributed by atoms with van der Waals surface area (Å²) in [5.74, 6) is 0.462. The van der Waals surface area contributed by atoms with E-state index in [0.717, 1.165) is 43.4 Å². The van der Waals surface area contributed by atoms with E-state index in [1.54, 1.807) is 0 Å². The molecule has 0 saturated heterocycles. The fraction of sp³-hybridized carbons (Fsp3) is 0.545. The van der Waals surface area contributed by atoms with Crippen molar-refractivity contribution in [2.75, 3.05) is 6.54 Å². The molecule has 2 rings (SSSR count). The number of nitrogens with one attached hydrogen (secondary N) is 1. The summed E-state index contributed by atoms with van der Waals surface area (Å²) in [6.07, 6.45) is 4.70. The topological polar surface area (TPSA) is 59.9 Å². The number of aromatic amines is 1. The van der Waals surface area contributed by atoms with Gasteiger partial charge in [0.25, 0.3) is 0 Å². The summed E-state index contributed by atoms with van der Waals surface area (Å²) in [7, 11) is 0. The van der Waals surface area contributed by atoms with Crippen LogP contribution in [0.3, 0.4) is 0 Å². The molecule has 0 amide bonds. The molecule has 17 heavy (non-hydrogen) atoms. The van der Waals surface area contributed by atoms with Gasteiger partial charge in [-0.1, -0.05) is 0 Å². The Bertz CT molecular complexity index is 408. The fourth-order valence-electron chi connectivity index (χ4n) is 1.85. The molecule has 1 radical (unpaired) electrons. The van der Waals surface area contributed by atoms with Crippen LogP contribution in [0.1, 0.15) is 30.5 Å². The second-order valence-corrected chi connectivity index (χ2v) is 3.76. The average molecular weight is 494 g/mol. The molecule has 0 spiro atoms. The minimum absolute atomic E-state index is 0. The molecule has 0 atom stereocenters. The van der Waals surface area contributed by atoms with Crippen molar-refractivity contribution in [1.82, 2.24) is 9.97 Å². The number of hydrogen-bond donors (Lipinski definition) is 1. The Kier molecular flexibility index (Phi) is 8.58. The Balaban J connectivity index is 0.00000128. The molecule has 0 unspecified atom stereocenters. The summed E-state index contributed by atoms with van der Waals surface area (Å²) < 4.78 is 0. The van der Waals surface area contributed by atoms with E-state index in [0.29, 0.717) is 12.5 Å². The van der Waals surface area contributed by atoms with Gasteiger partial charge in [0.2, 0.25) is 0 Å². The van der Waals surface area contributed by atoms with Crippen molar-refractivity contribution < 1.29 is 49.7 Å². The maximum atomic E-state index is 11.7. The van der Waals surface area contributed by atoms with Gasteiger partial charge in [-0.25, -0.2) is 0 Å². The molecule has 0 aliphatic heterocycles. The van der Waals surface area contributed by atoms with Crippen LogP contribution in [0.15, 0.2) is 4.79 Å². The first-order chi connectivity index (χ1) is 7.31. The van der Waals surface area contributed by atoms with Gasteiger partial charge in [0, 0.05) is 61.2 Å². The Morgan fingerprint density at radius 2 is 2.06 bits per heavy atom. The maximum Gasteiger partial charge on any atom is 0.198 e. The number of H-pyrrole nitrogens is 1. The Morgan fingerprint density at radius 1 is 1.35 bits per heavy atom.